The fourth-order valence-electron chi connectivity index (χ4n) is 2.68. The van der Waals surface area contributed by atoms with E-state index in [2.05, 4.69) is 62.4 Å². The highest BCUT2D eigenvalue weighted by molar-refractivity contribution is 5.75. The molecule has 0 aliphatic rings. The van der Waals surface area contributed by atoms with E-state index < -0.39 is 0 Å². The van der Waals surface area contributed by atoms with Gasteiger partial charge in [-0.15, -0.1) is 0 Å². The number of hydrogen-bond acceptors (Lipinski definition) is 1. The second-order valence-electron chi connectivity index (χ2n) is 5.44. The van der Waals surface area contributed by atoms with Crippen molar-refractivity contribution in [3.05, 3.63) is 83.4 Å². The average molecular weight is 291 g/mol. The molecule has 22 heavy (non-hydrogen) atoms. The van der Waals surface area contributed by atoms with Crippen molar-refractivity contribution in [2.24, 2.45) is 5.73 Å². The topological polar surface area (TPSA) is 26.0 Å². The molecule has 114 valence electrons. The van der Waals surface area contributed by atoms with Gasteiger partial charge in [0, 0.05) is 5.70 Å². The van der Waals surface area contributed by atoms with E-state index in [9.17, 15) is 0 Å². The molecule has 1 heteroatoms. The summed E-state index contributed by atoms with van der Waals surface area (Å²) in [5.74, 6) is 0. The zero-order valence-corrected chi connectivity index (χ0v) is 13.5. The van der Waals surface area contributed by atoms with Crippen LogP contribution >= 0.6 is 0 Å². The van der Waals surface area contributed by atoms with Crippen LogP contribution in [0, 0.1) is 0 Å². The third-order valence-corrected chi connectivity index (χ3v) is 3.83. The first-order valence-electron chi connectivity index (χ1n) is 8.06. The highest BCUT2D eigenvalue weighted by Gasteiger charge is 2.07. The summed E-state index contributed by atoms with van der Waals surface area (Å²) in [7, 11) is 0. The lowest BCUT2D eigenvalue weighted by molar-refractivity contribution is 0.959. The Bertz CT molecular complexity index is 636. The van der Waals surface area contributed by atoms with Gasteiger partial charge in [-0.3, -0.25) is 0 Å². The maximum atomic E-state index is 6.31. The Morgan fingerprint density at radius 3 is 1.91 bits per heavy atom. The van der Waals surface area contributed by atoms with Crippen LogP contribution in [0.4, 0.5) is 0 Å². The first-order valence-corrected chi connectivity index (χ1v) is 8.06. The van der Waals surface area contributed by atoms with Crippen LogP contribution in [0.3, 0.4) is 0 Å². The molecule has 0 aromatic heterocycles. The maximum Gasteiger partial charge on any atom is 0.0390 e. The van der Waals surface area contributed by atoms with Crippen molar-refractivity contribution in [3.63, 3.8) is 0 Å². The molecule has 0 atom stereocenters. The summed E-state index contributed by atoms with van der Waals surface area (Å²) in [6.45, 7) is 4.42. The second-order valence-corrected chi connectivity index (χ2v) is 5.44. The maximum absolute atomic E-state index is 6.31. The van der Waals surface area contributed by atoms with E-state index in [-0.39, 0.29) is 0 Å². The summed E-state index contributed by atoms with van der Waals surface area (Å²) in [6, 6.07) is 20.8. The summed E-state index contributed by atoms with van der Waals surface area (Å²) >= 11 is 0. The predicted octanol–water partition coefficient (Wildman–Crippen LogP) is 5.65. The molecule has 2 aromatic carbocycles. The van der Waals surface area contributed by atoms with Crippen molar-refractivity contribution < 1.29 is 0 Å². The van der Waals surface area contributed by atoms with Gasteiger partial charge in [0.25, 0.3) is 0 Å². The minimum atomic E-state index is 0.835. The van der Waals surface area contributed by atoms with Crippen molar-refractivity contribution in [2.75, 3.05) is 0 Å². The minimum absolute atomic E-state index is 0.835. The van der Waals surface area contributed by atoms with E-state index in [1.54, 1.807) is 0 Å². The van der Waals surface area contributed by atoms with Crippen LogP contribution in [0.1, 0.15) is 44.2 Å². The first kappa shape index (κ1) is 16.1. The molecule has 1 nitrogen and oxygen atoms in total. The summed E-state index contributed by atoms with van der Waals surface area (Å²) in [5, 5.41) is 0. The summed E-state index contributed by atoms with van der Waals surface area (Å²) < 4.78 is 0. The Balaban J connectivity index is 2.45. The molecule has 2 aromatic rings. The highest BCUT2D eigenvalue weighted by atomic mass is 14.6. The van der Waals surface area contributed by atoms with E-state index in [1.165, 1.54) is 16.7 Å². The fraction of sp³-hybridized carbons (Fsp3) is 0.238. The lowest BCUT2D eigenvalue weighted by atomic mass is 9.93. The highest BCUT2D eigenvalue weighted by Crippen LogP contribution is 2.27. The van der Waals surface area contributed by atoms with Gasteiger partial charge in [0.05, 0.1) is 0 Å². The van der Waals surface area contributed by atoms with Crippen molar-refractivity contribution in [1.29, 1.82) is 0 Å². The number of hydrogen-bond donors (Lipinski definition) is 1. The molecular formula is C21H25N. The average Bonchev–Trinajstić information content (AvgIpc) is 2.59. The molecule has 0 radical (unpaired) electrons. The molecular weight excluding hydrogens is 266 g/mol. The molecule has 2 N–H and O–H groups in total. The van der Waals surface area contributed by atoms with Gasteiger partial charge in [0.15, 0.2) is 0 Å². The molecule has 0 unspecified atom stereocenters. The summed E-state index contributed by atoms with van der Waals surface area (Å²) in [5.41, 5.74) is 12.3. The van der Waals surface area contributed by atoms with Crippen LogP contribution in [0.2, 0.25) is 0 Å². The number of nitrogens with two attached hydrogens (primary N) is 1. The van der Waals surface area contributed by atoms with E-state index in [0.29, 0.717) is 0 Å². The van der Waals surface area contributed by atoms with Gasteiger partial charge >= 0.3 is 0 Å². The zero-order valence-electron chi connectivity index (χ0n) is 13.5. The largest absolute Gasteiger partial charge is 0.398 e. The van der Waals surface area contributed by atoms with Gasteiger partial charge in [-0.2, -0.15) is 0 Å². The standard InChI is InChI=1S/C21H25N/c1-3-11-20(18-12-7-5-8-13-18)17(4-2)16-21(22)19-14-9-6-10-15-19/h5-10,12-16H,3-4,11,22H2,1-2H3/b20-17+,21-16-. The molecule has 0 fully saturated rings. The quantitative estimate of drug-likeness (QED) is 0.684. The third kappa shape index (κ3) is 4.11. The molecule has 0 spiro atoms. The van der Waals surface area contributed by atoms with Gasteiger partial charge < -0.3 is 5.73 Å². The Labute approximate surface area is 134 Å². The van der Waals surface area contributed by atoms with Gasteiger partial charge in [0.2, 0.25) is 0 Å². The minimum Gasteiger partial charge on any atom is -0.398 e. The molecule has 0 aliphatic carbocycles. The van der Waals surface area contributed by atoms with E-state index in [4.69, 9.17) is 5.73 Å². The van der Waals surface area contributed by atoms with Crippen LogP contribution in [-0.4, -0.2) is 0 Å². The molecule has 0 aliphatic heterocycles. The summed E-state index contributed by atoms with van der Waals surface area (Å²) in [4.78, 5) is 0. The Morgan fingerprint density at radius 2 is 1.41 bits per heavy atom. The smallest absolute Gasteiger partial charge is 0.0390 e. The van der Waals surface area contributed by atoms with E-state index in [0.717, 1.165) is 30.5 Å². The molecule has 2 rings (SSSR count). The third-order valence-electron chi connectivity index (χ3n) is 3.83. The van der Waals surface area contributed by atoms with E-state index in [1.807, 2.05) is 18.2 Å². The molecule has 0 bridgehead atoms. The van der Waals surface area contributed by atoms with Gasteiger partial charge in [-0.05, 0) is 41.2 Å². The zero-order chi connectivity index (χ0) is 15.8. The predicted molar refractivity (Wildman–Crippen MR) is 97.2 cm³/mol. The van der Waals surface area contributed by atoms with Gasteiger partial charge in [-0.25, -0.2) is 0 Å². The van der Waals surface area contributed by atoms with Crippen molar-refractivity contribution in [2.45, 2.75) is 33.1 Å². The molecule has 0 amide bonds. The van der Waals surface area contributed by atoms with Crippen LogP contribution in [0.5, 0.6) is 0 Å². The van der Waals surface area contributed by atoms with Gasteiger partial charge in [-0.1, -0.05) is 80.9 Å². The van der Waals surface area contributed by atoms with Crippen LogP contribution in [0.15, 0.2) is 72.3 Å². The Kier molecular flexibility index (Phi) is 6.02. The van der Waals surface area contributed by atoms with Crippen LogP contribution < -0.4 is 5.73 Å². The Morgan fingerprint density at radius 1 is 0.864 bits per heavy atom. The van der Waals surface area contributed by atoms with Crippen molar-refractivity contribution in [1.82, 2.24) is 0 Å². The molecule has 0 saturated carbocycles. The van der Waals surface area contributed by atoms with Gasteiger partial charge in [0.1, 0.15) is 0 Å². The van der Waals surface area contributed by atoms with Crippen LogP contribution in [-0.2, 0) is 0 Å². The lowest BCUT2D eigenvalue weighted by Crippen LogP contribution is -1.98. The molecule has 0 heterocycles. The number of allylic oxidation sites excluding steroid dienone is 3. The lowest BCUT2D eigenvalue weighted by Gasteiger charge is -2.13. The fourth-order valence-corrected chi connectivity index (χ4v) is 2.68. The first-order chi connectivity index (χ1) is 10.8. The second kappa shape index (κ2) is 8.23. The SMILES string of the molecule is CCC/C(=C(\C=C(/N)c1ccccc1)CC)c1ccccc1. The monoisotopic (exact) mass is 291 g/mol. The Hall–Kier alpha value is -2.28. The van der Waals surface area contributed by atoms with Crippen LogP contribution in [0.25, 0.3) is 11.3 Å². The summed E-state index contributed by atoms with van der Waals surface area (Å²) in [6.07, 6.45) is 5.34. The number of benzene rings is 2. The van der Waals surface area contributed by atoms with E-state index >= 15 is 0 Å². The van der Waals surface area contributed by atoms with Crippen molar-refractivity contribution >= 4 is 11.3 Å². The molecule has 0 saturated heterocycles. The normalized spacial score (nSPS) is 12.9. The number of rotatable bonds is 6. The van der Waals surface area contributed by atoms with Crippen molar-refractivity contribution in [3.8, 4) is 0 Å².